The third kappa shape index (κ3) is 2.79. The number of anilines is 1. The molecule has 1 aromatic rings. The molecule has 2 heterocycles. The molecule has 0 aliphatic carbocycles. The molecule has 0 radical (unpaired) electrons. The van der Waals surface area contributed by atoms with Crippen molar-refractivity contribution in [3.05, 3.63) is 17.4 Å². The molecule has 1 atom stereocenters. The van der Waals surface area contributed by atoms with Gasteiger partial charge in [0.05, 0.1) is 30.1 Å². The standard InChI is InChI=1S/C10H14ClN3O/c1-10(2)4-8(6-15-10)13-7-3-9(11)14-12-5-7/h3,5,8H,4,6H2,1-2H3,(H,13,14). The molecule has 1 N–H and O–H groups in total. The van der Waals surface area contributed by atoms with Gasteiger partial charge in [-0.2, -0.15) is 5.10 Å². The summed E-state index contributed by atoms with van der Waals surface area (Å²) in [7, 11) is 0. The zero-order valence-electron chi connectivity index (χ0n) is 8.83. The number of rotatable bonds is 2. The maximum Gasteiger partial charge on any atom is 0.153 e. The number of nitrogens with one attached hydrogen (secondary N) is 1. The van der Waals surface area contributed by atoms with E-state index in [9.17, 15) is 0 Å². The predicted molar refractivity (Wildman–Crippen MR) is 59.1 cm³/mol. The summed E-state index contributed by atoms with van der Waals surface area (Å²) in [5, 5.41) is 11.2. The number of nitrogens with zero attached hydrogens (tertiary/aromatic N) is 2. The van der Waals surface area contributed by atoms with Gasteiger partial charge in [0.25, 0.3) is 0 Å². The van der Waals surface area contributed by atoms with E-state index in [2.05, 4.69) is 29.4 Å². The minimum atomic E-state index is -0.0398. The second kappa shape index (κ2) is 3.94. The molecule has 0 amide bonds. The van der Waals surface area contributed by atoms with Gasteiger partial charge in [-0.15, -0.1) is 5.10 Å². The fourth-order valence-electron chi connectivity index (χ4n) is 1.79. The Labute approximate surface area is 94.0 Å². The van der Waals surface area contributed by atoms with Crippen LogP contribution in [0.3, 0.4) is 0 Å². The molecular formula is C10H14ClN3O. The van der Waals surface area contributed by atoms with E-state index in [1.54, 1.807) is 12.3 Å². The van der Waals surface area contributed by atoms with Crippen molar-refractivity contribution in [2.45, 2.75) is 31.9 Å². The summed E-state index contributed by atoms with van der Waals surface area (Å²) < 4.78 is 5.62. The molecule has 15 heavy (non-hydrogen) atoms. The smallest absolute Gasteiger partial charge is 0.153 e. The molecule has 0 spiro atoms. The summed E-state index contributed by atoms with van der Waals surface area (Å²) in [6, 6.07) is 2.08. The van der Waals surface area contributed by atoms with Gasteiger partial charge in [0.2, 0.25) is 0 Å². The Morgan fingerprint density at radius 3 is 3.00 bits per heavy atom. The molecule has 1 saturated heterocycles. The zero-order chi connectivity index (χ0) is 10.9. The van der Waals surface area contributed by atoms with Crippen LogP contribution < -0.4 is 5.32 Å². The predicted octanol–water partition coefficient (Wildman–Crippen LogP) is 2.11. The number of halogens is 1. The van der Waals surface area contributed by atoms with Gasteiger partial charge in [-0.05, 0) is 20.3 Å². The highest BCUT2D eigenvalue weighted by molar-refractivity contribution is 6.29. The van der Waals surface area contributed by atoms with Crippen LogP contribution in [0.1, 0.15) is 20.3 Å². The van der Waals surface area contributed by atoms with Crippen molar-refractivity contribution in [3.63, 3.8) is 0 Å². The first-order chi connectivity index (χ1) is 7.05. The molecule has 0 aromatic carbocycles. The van der Waals surface area contributed by atoms with Gasteiger partial charge in [-0.25, -0.2) is 0 Å². The lowest BCUT2D eigenvalue weighted by Crippen LogP contribution is -2.22. The van der Waals surface area contributed by atoms with Crippen LogP contribution in [0.5, 0.6) is 0 Å². The second-order valence-corrected chi connectivity index (χ2v) is 4.77. The summed E-state index contributed by atoms with van der Waals surface area (Å²) in [5.74, 6) is 0. The van der Waals surface area contributed by atoms with E-state index in [4.69, 9.17) is 16.3 Å². The van der Waals surface area contributed by atoms with Crippen LogP contribution in [0.2, 0.25) is 5.15 Å². The van der Waals surface area contributed by atoms with E-state index in [1.165, 1.54) is 0 Å². The highest BCUT2D eigenvalue weighted by Gasteiger charge is 2.31. The van der Waals surface area contributed by atoms with Crippen LogP contribution in [0, 0.1) is 0 Å². The number of hydrogen-bond acceptors (Lipinski definition) is 4. The highest BCUT2D eigenvalue weighted by Crippen LogP contribution is 2.26. The summed E-state index contributed by atoms with van der Waals surface area (Å²) in [6.45, 7) is 4.89. The maximum absolute atomic E-state index is 5.74. The largest absolute Gasteiger partial charge is 0.378 e. The topological polar surface area (TPSA) is 47.0 Å². The van der Waals surface area contributed by atoms with Crippen molar-refractivity contribution in [1.29, 1.82) is 0 Å². The first-order valence-corrected chi connectivity index (χ1v) is 5.32. The first-order valence-electron chi connectivity index (χ1n) is 4.94. The average Bonchev–Trinajstić information content (AvgIpc) is 2.45. The van der Waals surface area contributed by atoms with Gasteiger partial charge in [-0.1, -0.05) is 11.6 Å². The Balaban J connectivity index is 1.99. The van der Waals surface area contributed by atoms with Crippen LogP contribution in [-0.2, 0) is 4.74 Å². The lowest BCUT2D eigenvalue weighted by molar-refractivity contribution is 0.0363. The molecule has 82 valence electrons. The van der Waals surface area contributed by atoms with Crippen molar-refractivity contribution in [2.24, 2.45) is 0 Å². The Hall–Kier alpha value is -0.870. The number of ether oxygens (including phenoxy) is 1. The van der Waals surface area contributed by atoms with Gasteiger partial charge in [-0.3, -0.25) is 0 Å². The first kappa shape index (κ1) is 10.6. The Morgan fingerprint density at radius 1 is 1.60 bits per heavy atom. The monoisotopic (exact) mass is 227 g/mol. The summed E-state index contributed by atoms with van der Waals surface area (Å²) >= 11 is 5.74. The van der Waals surface area contributed by atoms with Crippen molar-refractivity contribution in [3.8, 4) is 0 Å². The summed E-state index contributed by atoms with van der Waals surface area (Å²) in [5.41, 5.74) is 0.850. The zero-order valence-corrected chi connectivity index (χ0v) is 9.58. The van der Waals surface area contributed by atoms with Crippen molar-refractivity contribution < 1.29 is 4.74 Å². The minimum absolute atomic E-state index is 0.0398. The molecule has 1 aliphatic heterocycles. The fourth-order valence-corrected chi connectivity index (χ4v) is 1.95. The highest BCUT2D eigenvalue weighted by atomic mass is 35.5. The van der Waals surface area contributed by atoms with E-state index in [-0.39, 0.29) is 5.60 Å². The molecule has 1 aliphatic rings. The Morgan fingerprint density at radius 2 is 2.40 bits per heavy atom. The normalized spacial score (nSPS) is 24.1. The van der Waals surface area contributed by atoms with E-state index >= 15 is 0 Å². The van der Waals surface area contributed by atoms with Gasteiger partial charge >= 0.3 is 0 Å². The van der Waals surface area contributed by atoms with Gasteiger partial charge < -0.3 is 10.1 Å². The van der Waals surface area contributed by atoms with Crippen molar-refractivity contribution in [2.75, 3.05) is 11.9 Å². The Kier molecular flexibility index (Phi) is 2.80. The SMILES string of the molecule is CC1(C)CC(Nc2cnnc(Cl)c2)CO1. The van der Waals surface area contributed by atoms with Gasteiger partial charge in [0.1, 0.15) is 0 Å². The second-order valence-electron chi connectivity index (χ2n) is 4.38. The number of aromatic nitrogens is 2. The molecular weight excluding hydrogens is 214 g/mol. The lowest BCUT2D eigenvalue weighted by Gasteiger charge is -2.16. The fraction of sp³-hybridized carbons (Fsp3) is 0.600. The minimum Gasteiger partial charge on any atom is -0.378 e. The molecule has 0 bridgehead atoms. The quantitative estimate of drug-likeness (QED) is 0.841. The maximum atomic E-state index is 5.74. The molecule has 2 rings (SSSR count). The molecule has 1 aromatic heterocycles. The molecule has 4 nitrogen and oxygen atoms in total. The summed E-state index contributed by atoms with van der Waals surface area (Å²) in [6.07, 6.45) is 2.64. The molecule has 1 unspecified atom stereocenters. The molecule has 5 heteroatoms. The van der Waals surface area contributed by atoms with E-state index in [0.29, 0.717) is 17.8 Å². The van der Waals surface area contributed by atoms with Gasteiger partial charge in [0.15, 0.2) is 5.15 Å². The van der Waals surface area contributed by atoms with Gasteiger partial charge in [0, 0.05) is 6.07 Å². The van der Waals surface area contributed by atoms with E-state index in [0.717, 1.165) is 12.1 Å². The van der Waals surface area contributed by atoms with Crippen molar-refractivity contribution in [1.82, 2.24) is 10.2 Å². The van der Waals surface area contributed by atoms with E-state index < -0.39 is 0 Å². The van der Waals surface area contributed by atoms with Crippen LogP contribution in [0.4, 0.5) is 5.69 Å². The number of hydrogen-bond donors (Lipinski definition) is 1. The third-order valence-corrected chi connectivity index (χ3v) is 2.59. The van der Waals surface area contributed by atoms with Crippen LogP contribution >= 0.6 is 11.6 Å². The summed E-state index contributed by atoms with van der Waals surface area (Å²) in [4.78, 5) is 0. The Bertz CT molecular complexity index is 356. The van der Waals surface area contributed by atoms with Crippen LogP contribution in [-0.4, -0.2) is 28.4 Å². The lowest BCUT2D eigenvalue weighted by atomic mass is 10.0. The molecule has 0 saturated carbocycles. The van der Waals surface area contributed by atoms with Crippen LogP contribution in [0.15, 0.2) is 12.3 Å². The average molecular weight is 228 g/mol. The molecule has 1 fully saturated rings. The van der Waals surface area contributed by atoms with Crippen molar-refractivity contribution >= 4 is 17.3 Å². The third-order valence-electron chi connectivity index (χ3n) is 2.41. The van der Waals surface area contributed by atoms with E-state index in [1.807, 2.05) is 0 Å². The van der Waals surface area contributed by atoms with Crippen LogP contribution in [0.25, 0.3) is 0 Å².